The number of hydrogen-bond donors (Lipinski definition) is 2. The molecule has 1 aliphatic heterocycles. The normalized spacial score (nSPS) is 14.1. The van der Waals surface area contributed by atoms with E-state index in [-0.39, 0.29) is 36.4 Å². The van der Waals surface area contributed by atoms with Gasteiger partial charge in [0.25, 0.3) is 0 Å². The molecule has 0 unspecified atom stereocenters. The first-order valence-corrected chi connectivity index (χ1v) is 11.2. The van der Waals surface area contributed by atoms with Gasteiger partial charge < -0.3 is 20.7 Å². The summed E-state index contributed by atoms with van der Waals surface area (Å²) >= 11 is 0. The zero-order chi connectivity index (χ0) is 22.9. The Morgan fingerprint density at radius 1 is 1.00 bits per heavy atom. The Kier molecular flexibility index (Phi) is 8.25. The Bertz CT molecular complexity index is 917. The molecule has 1 aliphatic rings. The molecule has 0 spiro atoms. The number of rotatable bonds is 10. The number of nitrogens with two attached hydrogens (primary N) is 1. The van der Waals surface area contributed by atoms with Crippen LogP contribution in [0.1, 0.15) is 49.4 Å². The van der Waals surface area contributed by atoms with Crippen LogP contribution in [0.15, 0.2) is 48.5 Å². The van der Waals surface area contributed by atoms with Crippen molar-refractivity contribution in [3.05, 3.63) is 54.1 Å². The van der Waals surface area contributed by atoms with Crippen LogP contribution in [0.2, 0.25) is 0 Å². The minimum Gasteiger partial charge on any atom is -0.494 e. The van der Waals surface area contributed by atoms with Gasteiger partial charge in [-0.25, -0.2) is 0 Å². The van der Waals surface area contributed by atoms with E-state index in [1.165, 1.54) is 0 Å². The molecule has 3 N–H and O–H groups in total. The van der Waals surface area contributed by atoms with E-state index in [1.54, 1.807) is 24.3 Å². The molecular formula is C25H31N3O4. The molecular weight excluding hydrogens is 406 g/mol. The number of nitrogens with zero attached hydrogens (tertiary/aromatic N) is 1. The van der Waals surface area contributed by atoms with Crippen molar-refractivity contribution in [2.24, 2.45) is 11.7 Å². The van der Waals surface area contributed by atoms with Gasteiger partial charge in [-0.1, -0.05) is 6.92 Å². The zero-order valence-corrected chi connectivity index (χ0v) is 18.5. The number of hydrogen-bond acceptors (Lipinski definition) is 5. The Morgan fingerprint density at radius 3 is 2.25 bits per heavy atom. The summed E-state index contributed by atoms with van der Waals surface area (Å²) in [4.78, 5) is 38.1. The molecule has 1 heterocycles. The van der Waals surface area contributed by atoms with E-state index in [4.69, 9.17) is 10.5 Å². The predicted molar refractivity (Wildman–Crippen MR) is 125 cm³/mol. The van der Waals surface area contributed by atoms with Crippen LogP contribution < -0.4 is 20.7 Å². The summed E-state index contributed by atoms with van der Waals surface area (Å²) in [6.07, 6.45) is 2.71. The quantitative estimate of drug-likeness (QED) is 0.551. The van der Waals surface area contributed by atoms with Gasteiger partial charge >= 0.3 is 0 Å². The van der Waals surface area contributed by atoms with Gasteiger partial charge in [-0.15, -0.1) is 0 Å². The molecule has 1 fully saturated rings. The summed E-state index contributed by atoms with van der Waals surface area (Å²) < 4.78 is 5.52. The standard InChI is InChI=1S/C25H31N3O4/c1-2-17-32-22-9-3-18(4-10-22)23(29)11-12-24(30)27-20-5-7-21(8-6-20)28-15-13-19(14-16-28)25(26)31/h3-10,19H,2,11-17H2,1H3,(H2,26,31)(H,27,30). The Hall–Kier alpha value is -3.35. The molecule has 0 radical (unpaired) electrons. The summed E-state index contributed by atoms with van der Waals surface area (Å²) in [5.41, 5.74) is 7.71. The lowest BCUT2D eigenvalue weighted by Crippen LogP contribution is -2.38. The maximum absolute atomic E-state index is 12.4. The Balaban J connectivity index is 1.44. The van der Waals surface area contributed by atoms with E-state index in [2.05, 4.69) is 10.2 Å². The lowest BCUT2D eigenvalue weighted by atomic mass is 9.96. The third-order valence-electron chi connectivity index (χ3n) is 5.64. The summed E-state index contributed by atoms with van der Waals surface area (Å²) in [5, 5.41) is 2.84. The monoisotopic (exact) mass is 437 g/mol. The second kappa shape index (κ2) is 11.3. The molecule has 2 amide bonds. The van der Waals surface area contributed by atoms with Crippen LogP contribution in [0.3, 0.4) is 0 Å². The number of piperidine rings is 1. The second-order valence-electron chi connectivity index (χ2n) is 8.05. The van der Waals surface area contributed by atoms with Gasteiger partial charge in [0.15, 0.2) is 5.78 Å². The van der Waals surface area contributed by atoms with Crippen LogP contribution in [0.4, 0.5) is 11.4 Å². The van der Waals surface area contributed by atoms with E-state index in [9.17, 15) is 14.4 Å². The van der Waals surface area contributed by atoms with Crippen LogP contribution in [-0.4, -0.2) is 37.3 Å². The second-order valence-corrected chi connectivity index (χ2v) is 8.05. The summed E-state index contributed by atoms with van der Waals surface area (Å²) in [6, 6.07) is 14.6. The van der Waals surface area contributed by atoms with E-state index in [0.29, 0.717) is 17.9 Å². The van der Waals surface area contributed by atoms with Gasteiger partial charge in [0.05, 0.1) is 6.61 Å². The molecule has 0 aromatic heterocycles. The fourth-order valence-electron chi connectivity index (χ4n) is 3.73. The fraction of sp³-hybridized carbons (Fsp3) is 0.400. The van der Waals surface area contributed by atoms with Crippen LogP contribution in [-0.2, 0) is 9.59 Å². The van der Waals surface area contributed by atoms with Crippen molar-refractivity contribution < 1.29 is 19.1 Å². The molecule has 3 rings (SSSR count). The smallest absolute Gasteiger partial charge is 0.224 e. The predicted octanol–water partition coefficient (Wildman–Crippen LogP) is 3.78. The van der Waals surface area contributed by atoms with Crippen molar-refractivity contribution in [3.63, 3.8) is 0 Å². The number of carbonyl (C=O) groups excluding carboxylic acids is 3. The van der Waals surface area contributed by atoms with E-state index >= 15 is 0 Å². The average Bonchev–Trinajstić information content (AvgIpc) is 2.82. The van der Waals surface area contributed by atoms with E-state index in [1.807, 2.05) is 31.2 Å². The maximum atomic E-state index is 12.4. The molecule has 0 saturated carbocycles. The number of amides is 2. The lowest BCUT2D eigenvalue weighted by molar-refractivity contribution is -0.122. The number of nitrogens with one attached hydrogen (secondary N) is 1. The van der Waals surface area contributed by atoms with Gasteiger partial charge in [0.1, 0.15) is 5.75 Å². The van der Waals surface area contributed by atoms with Crippen molar-refractivity contribution >= 4 is 29.0 Å². The summed E-state index contributed by atoms with van der Waals surface area (Å²) in [5.74, 6) is 0.203. The summed E-state index contributed by atoms with van der Waals surface area (Å²) in [6.45, 7) is 4.25. The highest BCUT2D eigenvalue weighted by Crippen LogP contribution is 2.24. The number of ketones is 1. The van der Waals surface area contributed by atoms with Crippen LogP contribution in [0.5, 0.6) is 5.75 Å². The van der Waals surface area contributed by atoms with E-state index in [0.717, 1.165) is 43.8 Å². The number of carbonyl (C=O) groups is 3. The van der Waals surface area contributed by atoms with Crippen molar-refractivity contribution in [2.75, 3.05) is 29.9 Å². The van der Waals surface area contributed by atoms with Crippen molar-refractivity contribution in [3.8, 4) is 5.75 Å². The lowest BCUT2D eigenvalue weighted by Gasteiger charge is -2.32. The molecule has 0 atom stereocenters. The third-order valence-corrected chi connectivity index (χ3v) is 5.64. The highest BCUT2D eigenvalue weighted by molar-refractivity contribution is 6.00. The van der Waals surface area contributed by atoms with Crippen LogP contribution in [0, 0.1) is 5.92 Å². The number of benzene rings is 2. The van der Waals surface area contributed by atoms with Gasteiger partial charge in [-0.2, -0.15) is 0 Å². The largest absolute Gasteiger partial charge is 0.494 e. The third kappa shape index (κ3) is 6.57. The fourth-order valence-corrected chi connectivity index (χ4v) is 3.73. The molecule has 32 heavy (non-hydrogen) atoms. The van der Waals surface area contributed by atoms with Crippen LogP contribution >= 0.6 is 0 Å². The highest BCUT2D eigenvalue weighted by Gasteiger charge is 2.23. The van der Waals surface area contributed by atoms with Gasteiger partial charge in [0, 0.05) is 48.8 Å². The number of ether oxygens (including phenoxy) is 1. The van der Waals surface area contributed by atoms with Gasteiger partial charge in [0.2, 0.25) is 11.8 Å². The van der Waals surface area contributed by atoms with Crippen LogP contribution in [0.25, 0.3) is 0 Å². The minimum absolute atomic E-state index is 0.0418. The molecule has 7 nitrogen and oxygen atoms in total. The Morgan fingerprint density at radius 2 is 1.66 bits per heavy atom. The number of Topliss-reactive ketones (excluding diaryl/α,β-unsaturated/α-hetero) is 1. The maximum Gasteiger partial charge on any atom is 0.224 e. The molecule has 170 valence electrons. The van der Waals surface area contributed by atoms with E-state index < -0.39 is 0 Å². The number of anilines is 2. The molecule has 0 aliphatic carbocycles. The molecule has 0 bridgehead atoms. The molecule has 1 saturated heterocycles. The van der Waals surface area contributed by atoms with Gasteiger partial charge in [-0.05, 0) is 67.8 Å². The Labute approximate surface area is 188 Å². The molecule has 7 heteroatoms. The first-order chi connectivity index (χ1) is 15.5. The first-order valence-electron chi connectivity index (χ1n) is 11.2. The molecule has 2 aromatic rings. The number of primary amides is 1. The minimum atomic E-state index is -0.223. The SMILES string of the molecule is CCCOc1ccc(C(=O)CCC(=O)Nc2ccc(N3CCC(C(N)=O)CC3)cc2)cc1. The topological polar surface area (TPSA) is 102 Å². The summed E-state index contributed by atoms with van der Waals surface area (Å²) in [7, 11) is 0. The first kappa shape index (κ1) is 23.3. The van der Waals surface area contributed by atoms with Gasteiger partial charge in [-0.3, -0.25) is 14.4 Å². The molecule has 2 aromatic carbocycles. The highest BCUT2D eigenvalue weighted by atomic mass is 16.5. The van der Waals surface area contributed by atoms with Crippen molar-refractivity contribution in [1.29, 1.82) is 0 Å². The zero-order valence-electron chi connectivity index (χ0n) is 18.5. The average molecular weight is 438 g/mol. The van der Waals surface area contributed by atoms with Crippen molar-refractivity contribution in [2.45, 2.75) is 39.0 Å². The van der Waals surface area contributed by atoms with Crippen molar-refractivity contribution in [1.82, 2.24) is 0 Å².